The molecule has 0 aliphatic carbocycles. The van der Waals surface area contributed by atoms with Crippen molar-refractivity contribution in [2.24, 2.45) is 0 Å². The normalized spacial score (nSPS) is 13.8. The van der Waals surface area contributed by atoms with E-state index < -0.39 is 28.9 Å². The van der Waals surface area contributed by atoms with Crippen molar-refractivity contribution >= 4 is 32.3 Å². The second-order valence-corrected chi connectivity index (χ2v) is 14.1. The molecule has 0 fully saturated rings. The van der Waals surface area contributed by atoms with Gasteiger partial charge in [-0.3, -0.25) is 18.4 Å². The lowest BCUT2D eigenvalue weighted by Crippen LogP contribution is -2.68. The van der Waals surface area contributed by atoms with Gasteiger partial charge in [0.2, 0.25) is 0 Å². The Kier molecular flexibility index (Phi) is 8.33. The quantitative estimate of drug-likeness (QED) is 0.403. The first-order valence-corrected chi connectivity index (χ1v) is 13.1. The third kappa shape index (κ3) is 5.35. The molecule has 0 unspecified atom stereocenters. The number of rotatable bonds is 10. The van der Waals surface area contributed by atoms with Gasteiger partial charge < -0.3 is 4.43 Å². The van der Waals surface area contributed by atoms with Gasteiger partial charge in [-0.2, -0.15) is 0 Å². The molecule has 0 aromatic heterocycles. The van der Waals surface area contributed by atoms with Gasteiger partial charge in [0, 0.05) is 14.2 Å². The summed E-state index contributed by atoms with van der Waals surface area (Å²) >= 11 is 0. The zero-order valence-electron chi connectivity index (χ0n) is 18.5. The summed E-state index contributed by atoms with van der Waals surface area (Å²) in [6.07, 6.45) is -0.779. The number of ketones is 1. The van der Waals surface area contributed by atoms with Gasteiger partial charge in [-0.05, 0) is 22.3 Å². The molecule has 0 amide bonds. The van der Waals surface area contributed by atoms with Crippen molar-refractivity contribution < 1.29 is 27.4 Å². The minimum absolute atomic E-state index is 0.264. The number of carbonyl (C=O) groups excluding carboxylic acids is 1. The highest BCUT2D eigenvalue weighted by Gasteiger charge is 2.51. The van der Waals surface area contributed by atoms with Gasteiger partial charge in [-0.1, -0.05) is 81.4 Å². The first kappa shape index (κ1) is 24.7. The molecule has 0 N–H and O–H groups in total. The highest BCUT2D eigenvalue weighted by atomic mass is 31.2. The molecule has 0 aliphatic rings. The van der Waals surface area contributed by atoms with E-state index in [1.54, 1.807) is 6.92 Å². The molecule has 6 nitrogen and oxygen atoms in total. The van der Waals surface area contributed by atoms with E-state index in [4.69, 9.17) is 18.0 Å². The van der Waals surface area contributed by atoms with Crippen LogP contribution >= 0.6 is 7.82 Å². The van der Waals surface area contributed by atoms with Crippen LogP contribution in [0.5, 0.6) is 0 Å². The highest BCUT2D eigenvalue weighted by molar-refractivity contribution is 7.48. The fraction of sp³-hybridized carbons (Fsp3) is 0.409. The number of hydrogen-bond acceptors (Lipinski definition) is 6. The van der Waals surface area contributed by atoms with Crippen molar-refractivity contribution in [3.63, 3.8) is 0 Å². The summed E-state index contributed by atoms with van der Waals surface area (Å²) in [6.45, 7) is 7.68. The average Bonchev–Trinajstić information content (AvgIpc) is 2.75. The number of benzene rings is 2. The maximum Gasteiger partial charge on any atom is 0.474 e. The molecule has 2 rings (SSSR count). The Hall–Kier alpha value is -1.60. The van der Waals surface area contributed by atoms with Gasteiger partial charge in [-0.15, -0.1) is 0 Å². The zero-order chi connectivity index (χ0) is 22.4. The number of Topliss-reactive ketones (excluding diaryl/α,β-unsaturated/α-hetero) is 1. The number of carbonyl (C=O) groups is 1. The summed E-state index contributed by atoms with van der Waals surface area (Å²) in [7, 11) is -4.20. The van der Waals surface area contributed by atoms with Gasteiger partial charge in [0.1, 0.15) is 12.7 Å². The molecule has 2 aromatic rings. The molecule has 30 heavy (non-hydrogen) atoms. The topological polar surface area (TPSA) is 71.1 Å². The molecule has 0 saturated carbocycles. The van der Waals surface area contributed by atoms with Crippen molar-refractivity contribution in [1.82, 2.24) is 0 Å². The van der Waals surface area contributed by atoms with E-state index in [1.807, 2.05) is 36.4 Å². The lowest BCUT2D eigenvalue weighted by atomic mass is 10.2. The summed E-state index contributed by atoms with van der Waals surface area (Å²) in [5.41, 5.74) is 0. The zero-order valence-corrected chi connectivity index (χ0v) is 20.3. The van der Waals surface area contributed by atoms with Crippen LogP contribution < -0.4 is 10.4 Å². The van der Waals surface area contributed by atoms with Crippen molar-refractivity contribution in [2.75, 3.05) is 20.8 Å². The standard InChI is InChI=1S/C22H31O6PSi/c1-18(21(23)17-27-29(24,25-5)26-6)28-30(22(2,3)4,19-13-9-7-10-14-19)20-15-11-8-12-16-20/h7-16,18H,17H2,1-6H3/t18-/m1/s1. The van der Waals surface area contributed by atoms with E-state index in [0.717, 1.165) is 10.4 Å². The molecule has 2 aromatic carbocycles. The Morgan fingerprint density at radius 1 is 0.933 bits per heavy atom. The van der Waals surface area contributed by atoms with Crippen LogP contribution in [-0.4, -0.2) is 41.0 Å². The van der Waals surface area contributed by atoms with E-state index in [2.05, 4.69) is 45.0 Å². The molecule has 1 atom stereocenters. The molecule has 0 saturated heterocycles. The van der Waals surface area contributed by atoms with Crippen molar-refractivity contribution in [3.8, 4) is 0 Å². The lowest BCUT2D eigenvalue weighted by molar-refractivity contribution is -0.128. The molecular weight excluding hydrogens is 419 g/mol. The van der Waals surface area contributed by atoms with Crippen LogP contribution in [0.25, 0.3) is 0 Å². The van der Waals surface area contributed by atoms with Gasteiger partial charge in [0.15, 0.2) is 5.78 Å². The number of phosphoric acid groups is 1. The Morgan fingerprint density at radius 3 is 1.73 bits per heavy atom. The molecule has 8 heteroatoms. The molecule has 0 spiro atoms. The van der Waals surface area contributed by atoms with Crippen molar-refractivity contribution in [1.29, 1.82) is 0 Å². The van der Waals surface area contributed by atoms with Gasteiger partial charge in [0.25, 0.3) is 8.32 Å². The Morgan fingerprint density at radius 2 is 1.37 bits per heavy atom. The summed E-state index contributed by atoms with van der Waals surface area (Å²) < 4.78 is 33.4. The first-order valence-electron chi connectivity index (χ1n) is 9.77. The fourth-order valence-corrected chi connectivity index (χ4v) is 8.78. The van der Waals surface area contributed by atoms with Crippen LogP contribution in [0.3, 0.4) is 0 Å². The van der Waals surface area contributed by atoms with E-state index in [1.165, 1.54) is 14.2 Å². The summed E-state index contributed by atoms with van der Waals surface area (Å²) in [6, 6.07) is 20.1. The van der Waals surface area contributed by atoms with Crippen molar-refractivity contribution in [3.05, 3.63) is 60.7 Å². The van der Waals surface area contributed by atoms with Crippen LogP contribution in [-0.2, 0) is 27.4 Å². The maximum atomic E-state index is 12.8. The Bertz CT molecular complexity index is 819. The van der Waals surface area contributed by atoms with E-state index >= 15 is 0 Å². The first-order chi connectivity index (χ1) is 14.1. The largest absolute Gasteiger partial charge is 0.474 e. The van der Waals surface area contributed by atoms with Crippen LogP contribution in [0.1, 0.15) is 27.7 Å². The summed E-state index contributed by atoms with van der Waals surface area (Å²) in [4.78, 5) is 12.8. The minimum atomic E-state index is -3.74. The molecule has 164 valence electrons. The SMILES string of the molecule is COP(=O)(OC)OCC(=O)[C@@H](C)O[Si](c1ccccc1)(c1ccccc1)C(C)(C)C. The molecular formula is C22H31O6PSi. The third-order valence-electron chi connectivity index (χ3n) is 5.04. The second kappa shape index (κ2) is 10.1. The Balaban J connectivity index is 2.43. The molecule has 0 aliphatic heterocycles. The van der Waals surface area contributed by atoms with Crippen LogP contribution in [0.15, 0.2) is 60.7 Å². The van der Waals surface area contributed by atoms with Gasteiger partial charge >= 0.3 is 7.82 Å². The highest BCUT2D eigenvalue weighted by Crippen LogP contribution is 2.47. The van der Waals surface area contributed by atoms with Gasteiger partial charge in [-0.25, -0.2) is 4.57 Å². The van der Waals surface area contributed by atoms with Crippen LogP contribution in [0.2, 0.25) is 5.04 Å². The predicted octanol–water partition coefficient (Wildman–Crippen LogP) is 3.94. The van der Waals surface area contributed by atoms with Crippen molar-refractivity contribution in [2.45, 2.75) is 38.8 Å². The van der Waals surface area contributed by atoms with Crippen LogP contribution in [0, 0.1) is 0 Å². The molecule has 0 heterocycles. The van der Waals surface area contributed by atoms with E-state index in [-0.39, 0.29) is 10.8 Å². The monoisotopic (exact) mass is 450 g/mol. The van der Waals surface area contributed by atoms with Crippen LogP contribution in [0.4, 0.5) is 0 Å². The summed E-state index contributed by atoms with van der Waals surface area (Å²) in [5.74, 6) is -0.336. The van der Waals surface area contributed by atoms with Gasteiger partial charge in [0.05, 0.1) is 0 Å². The predicted molar refractivity (Wildman–Crippen MR) is 121 cm³/mol. The maximum absolute atomic E-state index is 12.8. The minimum Gasteiger partial charge on any atom is -0.398 e. The molecule has 0 radical (unpaired) electrons. The fourth-order valence-electron chi connectivity index (χ4n) is 3.46. The smallest absolute Gasteiger partial charge is 0.398 e. The lowest BCUT2D eigenvalue weighted by Gasteiger charge is -2.44. The Labute approximate surface area is 180 Å². The third-order valence-corrected chi connectivity index (χ3v) is 11.5. The summed E-state index contributed by atoms with van der Waals surface area (Å²) in [5, 5.41) is 1.88. The average molecular weight is 451 g/mol. The molecule has 0 bridgehead atoms. The second-order valence-electron chi connectivity index (χ2n) is 7.98. The van der Waals surface area contributed by atoms with E-state index in [9.17, 15) is 9.36 Å². The van der Waals surface area contributed by atoms with E-state index in [0.29, 0.717) is 0 Å². The number of phosphoric ester groups is 1. The number of hydrogen-bond donors (Lipinski definition) is 0.